The predicted molar refractivity (Wildman–Crippen MR) is 90.8 cm³/mol. The van der Waals surface area contributed by atoms with Crippen molar-refractivity contribution >= 4 is 12.6 Å². The Morgan fingerprint density at radius 3 is 2.12 bits per heavy atom. The monoisotopic (exact) mass is 355 g/mol. The highest BCUT2D eigenvalue weighted by molar-refractivity contribution is 6.62. The lowest BCUT2D eigenvalue weighted by atomic mass is 9.77. The molecule has 1 saturated carbocycles. The molecule has 2 heterocycles. The van der Waals surface area contributed by atoms with Crippen LogP contribution in [0.25, 0.3) is 0 Å². The van der Waals surface area contributed by atoms with E-state index in [-0.39, 0.29) is 11.6 Å². The first-order valence-corrected chi connectivity index (χ1v) is 8.94. The maximum atomic E-state index is 13.7. The average Bonchev–Trinajstić information content (AvgIpc) is 2.75. The second-order valence-corrected chi connectivity index (χ2v) is 8.12. The molecule has 3 rings (SSSR count). The van der Waals surface area contributed by atoms with E-state index in [0.717, 1.165) is 32.1 Å². The molecule has 138 valence electrons. The first-order valence-electron chi connectivity index (χ1n) is 8.94. The largest absolute Gasteiger partial charge is 0.496 e. The second-order valence-electron chi connectivity index (χ2n) is 8.12. The van der Waals surface area contributed by atoms with E-state index in [2.05, 4.69) is 4.98 Å². The van der Waals surface area contributed by atoms with Crippen LogP contribution in [0, 0.1) is 0 Å². The minimum Gasteiger partial charge on any atom is -0.399 e. The van der Waals surface area contributed by atoms with E-state index in [1.54, 1.807) is 0 Å². The molecule has 3 nitrogen and oxygen atoms in total. The van der Waals surface area contributed by atoms with Crippen molar-refractivity contribution in [1.29, 1.82) is 0 Å². The van der Waals surface area contributed by atoms with Crippen molar-refractivity contribution in [3.05, 3.63) is 23.5 Å². The van der Waals surface area contributed by atoms with Crippen LogP contribution in [0.3, 0.4) is 0 Å². The molecule has 2 aliphatic rings. The van der Waals surface area contributed by atoms with Gasteiger partial charge in [-0.15, -0.1) is 0 Å². The van der Waals surface area contributed by atoms with Crippen LogP contribution in [0.1, 0.15) is 77.0 Å². The van der Waals surface area contributed by atoms with Crippen LogP contribution in [-0.2, 0) is 15.5 Å². The number of pyridine rings is 1. The van der Waals surface area contributed by atoms with Crippen molar-refractivity contribution < 1.29 is 22.5 Å². The summed E-state index contributed by atoms with van der Waals surface area (Å²) in [6.45, 7) is 7.51. The lowest BCUT2D eigenvalue weighted by Gasteiger charge is -2.32. The zero-order valence-corrected chi connectivity index (χ0v) is 15.2. The number of hydrogen-bond acceptors (Lipinski definition) is 3. The third-order valence-corrected chi connectivity index (χ3v) is 5.76. The van der Waals surface area contributed by atoms with Gasteiger partial charge in [0, 0.05) is 17.6 Å². The fourth-order valence-corrected chi connectivity index (χ4v) is 3.53. The molecule has 0 bridgehead atoms. The Bertz CT molecular complexity index is 624. The van der Waals surface area contributed by atoms with Gasteiger partial charge in [-0.3, -0.25) is 4.98 Å². The van der Waals surface area contributed by atoms with Gasteiger partial charge in [-0.2, -0.15) is 13.2 Å². The zero-order chi connectivity index (χ0) is 18.5. The second kappa shape index (κ2) is 6.27. The Balaban J connectivity index is 1.95. The summed E-state index contributed by atoms with van der Waals surface area (Å²) in [7, 11) is -0.834. The molecule has 7 heteroatoms. The quantitative estimate of drug-likeness (QED) is 0.735. The molecule has 1 aliphatic heterocycles. The topological polar surface area (TPSA) is 31.4 Å². The van der Waals surface area contributed by atoms with Crippen LogP contribution in [0.15, 0.2) is 12.3 Å². The Morgan fingerprint density at radius 2 is 1.60 bits per heavy atom. The van der Waals surface area contributed by atoms with Crippen LogP contribution >= 0.6 is 0 Å². The Morgan fingerprint density at radius 1 is 1.04 bits per heavy atom. The highest BCUT2D eigenvalue weighted by Crippen LogP contribution is 2.40. The minimum absolute atomic E-state index is 0.113. The van der Waals surface area contributed by atoms with Gasteiger partial charge in [0.2, 0.25) is 0 Å². The molecule has 0 aromatic carbocycles. The SMILES string of the molecule is CC1(C)OB(c2cnc(C3CCCCC3)c(C(F)(F)F)c2)OC1(C)C. The van der Waals surface area contributed by atoms with E-state index in [1.807, 2.05) is 27.7 Å². The smallest absolute Gasteiger partial charge is 0.399 e. The molecule has 1 saturated heterocycles. The molecule has 25 heavy (non-hydrogen) atoms. The van der Waals surface area contributed by atoms with Gasteiger partial charge in [0.25, 0.3) is 0 Å². The van der Waals surface area contributed by atoms with Gasteiger partial charge in [0.1, 0.15) is 0 Å². The Labute approximate surface area is 147 Å². The lowest BCUT2D eigenvalue weighted by Crippen LogP contribution is -2.41. The van der Waals surface area contributed by atoms with Gasteiger partial charge < -0.3 is 9.31 Å². The lowest BCUT2D eigenvalue weighted by molar-refractivity contribution is -0.138. The summed E-state index contributed by atoms with van der Waals surface area (Å²) in [6.07, 6.45) is 1.60. The molecular formula is C18H25BF3NO2. The van der Waals surface area contributed by atoms with Crippen molar-refractivity contribution in [3.8, 4) is 0 Å². The summed E-state index contributed by atoms with van der Waals surface area (Å²) >= 11 is 0. The van der Waals surface area contributed by atoms with Gasteiger partial charge in [-0.1, -0.05) is 19.3 Å². The number of hydrogen-bond donors (Lipinski definition) is 0. The highest BCUT2D eigenvalue weighted by Gasteiger charge is 2.52. The van der Waals surface area contributed by atoms with E-state index in [1.165, 1.54) is 12.3 Å². The molecular weight excluding hydrogens is 330 g/mol. The number of nitrogens with zero attached hydrogens (tertiary/aromatic N) is 1. The summed E-state index contributed by atoms with van der Waals surface area (Å²) in [5.41, 5.74) is -1.35. The molecule has 0 radical (unpaired) electrons. The Kier molecular flexibility index (Phi) is 4.69. The molecule has 0 amide bonds. The molecule has 1 aliphatic carbocycles. The van der Waals surface area contributed by atoms with Gasteiger partial charge >= 0.3 is 13.3 Å². The van der Waals surface area contributed by atoms with Gasteiger partial charge in [0.15, 0.2) is 0 Å². The van der Waals surface area contributed by atoms with Gasteiger partial charge in [-0.05, 0) is 46.6 Å². The summed E-state index contributed by atoms with van der Waals surface area (Å²) in [5.74, 6) is -0.113. The van der Waals surface area contributed by atoms with E-state index < -0.39 is 30.1 Å². The van der Waals surface area contributed by atoms with Gasteiger partial charge in [0.05, 0.1) is 22.5 Å². The van der Waals surface area contributed by atoms with Crippen molar-refractivity contribution in [1.82, 2.24) is 4.98 Å². The number of rotatable bonds is 2. The van der Waals surface area contributed by atoms with Crippen LogP contribution < -0.4 is 5.46 Å². The highest BCUT2D eigenvalue weighted by atomic mass is 19.4. The molecule has 1 aromatic rings. The first-order chi connectivity index (χ1) is 11.5. The molecule has 0 atom stereocenters. The van der Waals surface area contributed by atoms with E-state index >= 15 is 0 Å². The van der Waals surface area contributed by atoms with Crippen LogP contribution in [-0.4, -0.2) is 23.3 Å². The van der Waals surface area contributed by atoms with Crippen molar-refractivity contribution in [2.24, 2.45) is 0 Å². The summed E-state index contributed by atoms with van der Waals surface area (Å²) < 4.78 is 52.7. The average molecular weight is 355 g/mol. The Hall–Kier alpha value is -1.08. The summed E-state index contributed by atoms with van der Waals surface area (Å²) in [5, 5.41) is 0. The minimum atomic E-state index is -4.43. The molecule has 1 aromatic heterocycles. The van der Waals surface area contributed by atoms with E-state index in [4.69, 9.17) is 9.31 Å². The number of aromatic nitrogens is 1. The maximum absolute atomic E-state index is 13.7. The third kappa shape index (κ3) is 3.58. The van der Waals surface area contributed by atoms with E-state index in [0.29, 0.717) is 5.46 Å². The van der Waals surface area contributed by atoms with Crippen LogP contribution in [0.5, 0.6) is 0 Å². The first kappa shape index (κ1) is 18.7. The fraction of sp³-hybridized carbons (Fsp3) is 0.722. The summed E-state index contributed by atoms with van der Waals surface area (Å²) in [6, 6.07) is 1.17. The molecule has 0 N–H and O–H groups in total. The predicted octanol–water partition coefficient (Wildman–Crippen LogP) is 4.45. The third-order valence-electron chi connectivity index (χ3n) is 5.76. The zero-order valence-electron chi connectivity index (χ0n) is 15.2. The summed E-state index contributed by atoms with van der Waals surface area (Å²) in [4.78, 5) is 4.23. The number of halogens is 3. The van der Waals surface area contributed by atoms with Crippen molar-refractivity contribution in [3.63, 3.8) is 0 Å². The standard InChI is InChI=1S/C18H25BF3NO2/c1-16(2)17(3,4)25-19(24-16)13-10-14(18(20,21)22)15(23-11-13)12-8-6-5-7-9-12/h10-12H,5-9H2,1-4H3. The van der Waals surface area contributed by atoms with E-state index in [9.17, 15) is 13.2 Å². The van der Waals surface area contributed by atoms with Gasteiger partial charge in [-0.25, -0.2) is 0 Å². The molecule has 0 spiro atoms. The van der Waals surface area contributed by atoms with Crippen LogP contribution in [0.4, 0.5) is 13.2 Å². The molecule has 0 unspecified atom stereocenters. The van der Waals surface area contributed by atoms with Crippen molar-refractivity contribution in [2.75, 3.05) is 0 Å². The fourth-order valence-electron chi connectivity index (χ4n) is 3.53. The van der Waals surface area contributed by atoms with Crippen molar-refractivity contribution in [2.45, 2.75) is 83.1 Å². The molecule has 2 fully saturated rings. The maximum Gasteiger partial charge on any atom is 0.496 e. The number of alkyl halides is 3. The van der Waals surface area contributed by atoms with Crippen LogP contribution in [0.2, 0.25) is 0 Å². The normalized spacial score (nSPS) is 23.9.